The Morgan fingerprint density at radius 1 is 1.42 bits per heavy atom. The first kappa shape index (κ1) is 18.0. The first-order valence-electron chi connectivity index (χ1n) is 8.48. The van der Waals surface area contributed by atoms with Gasteiger partial charge >= 0.3 is 0 Å². The number of nitrogens with one attached hydrogen (secondary N) is 2. The zero-order chi connectivity index (χ0) is 17.4. The summed E-state index contributed by atoms with van der Waals surface area (Å²) in [5.41, 5.74) is 1.10. The molecule has 1 atom stereocenters. The predicted octanol–water partition coefficient (Wildman–Crippen LogP) is 2.73. The zero-order valence-corrected chi connectivity index (χ0v) is 14.0. The zero-order valence-electron chi connectivity index (χ0n) is 14.0. The highest BCUT2D eigenvalue weighted by molar-refractivity contribution is 5.99. The number of phenolic OH excluding ortho intramolecular Hbond substituents is 1. The lowest BCUT2D eigenvalue weighted by atomic mass is 10.0. The third kappa shape index (κ3) is 5.37. The number of aromatic hydroxyl groups is 1. The molecule has 1 aromatic rings. The maximum absolute atomic E-state index is 12.2. The Balaban J connectivity index is 1.99. The average Bonchev–Trinajstić information content (AvgIpc) is 2.58. The van der Waals surface area contributed by atoms with Crippen molar-refractivity contribution < 1.29 is 14.7 Å². The van der Waals surface area contributed by atoms with Crippen LogP contribution in [0.4, 0.5) is 5.69 Å². The molecule has 0 bridgehead atoms. The van der Waals surface area contributed by atoms with Gasteiger partial charge in [-0.25, -0.2) is 0 Å². The molecule has 0 radical (unpaired) electrons. The second-order valence-corrected chi connectivity index (χ2v) is 6.07. The van der Waals surface area contributed by atoms with Gasteiger partial charge in [0.15, 0.2) is 11.7 Å². The van der Waals surface area contributed by atoms with Crippen LogP contribution in [0.2, 0.25) is 0 Å². The first-order valence-corrected chi connectivity index (χ1v) is 8.48. The van der Waals surface area contributed by atoms with Gasteiger partial charge in [-0.1, -0.05) is 6.92 Å². The summed E-state index contributed by atoms with van der Waals surface area (Å²) in [4.78, 5) is 27.0. The molecule has 0 amide bonds. The van der Waals surface area contributed by atoms with Gasteiger partial charge in [0.05, 0.1) is 0 Å². The molecule has 0 fully saturated rings. The fourth-order valence-electron chi connectivity index (χ4n) is 2.58. The number of Topliss-reactive ketones (excluding diaryl/α,β-unsaturated/α-hetero) is 1. The molecule has 1 aliphatic heterocycles. The van der Waals surface area contributed by atoms with Crippen molar-refractivity contribution in [2.45, 2.75) is 39.0 Å². The van der Waals surface area contributed by atoms with Crippen molar-refractivity contribution in [2.75, 3.05) is 18.4 Å². The SMILES string of the molecule is CCC1CN=C(Nc2cc(O)cc(C(=O)CCCCC=O)c2)NC1. The number of nitrogens with zero attached hydrogens (tertiary/aromatic N) is 1. The van der Waals surface area contributed by atoms with E-state index in [0.29, 0.717) is 48.8 Å². The molecule has 3 N–H and O–H groups in total. The van der Waals surface area contributed by atoms with E-state index in [1.807, 2.05) is 0 Å². The van der Waals surface area contributed by atoms with Crippen molar-refractivity contribution in [3.8, 4) is 5.75 Å². The number of hydrogen-bond donors (Lipinski definition) is 3. The van der Waals surface area contributed by atoms with Gasteiger partial charge in [-0.05, 0) is 37.3 Å². The Labute approximate surface area is 142 Å². The molecule has 130 valence electrons. The number of anilines is 1. The summed E-state index contributed by atoms with van der Waals surface area (Å²) in [6.07, 6.45) is 4.17. The lowest BCUT2D eigenvalue weighted by Crippen LogP contribution is -2.39. The Morgan fingerprint density at radius 2 is 2.25 bits per heavy atom. The molecule has 24 heavy (non-hydrogen) atoms. The monoisotopic (exact) mass is 331 g/mol. The van der Waals surface area contributed by atoms with Crippen molar-refractivity contribution in [2.24, 2.45) is 10.9 Å². The lowest BCUT2D eigenvalue weighted by Gasteiger charge is -2.22. The number of carbonyl (C=O) groups excluding carboxylic acids is 2. The smallest absolute Gasteiger partial charge is 0.195 e. The summed E-state index contributed by atoms with van der Waals surface area (Å²) >= 11 is 0. The minimum Gasteiger partial charge on any atom is -0.508 e. The van der Waals surface area contributed by atoms with Gasteiger partial charge in [0.1, 0.15) is 12.0 Å². The van der Waals surface area contributed by atoms with Crippen molar-refractivity contribution in [1.82, 2.24) is 5.32 Å². The number of unbranched alkanes of at least 4 members (excludes halogenated alkanes) is 2. The molecule has 0 aromatic heterocycles. The van der Waals surface area contributed by atoms with E-state index in [1.165, 1.54) is 6.07 Å². The summed E-state index contributed by atoms with van der Waals surface area (Å²) in [6, 6.07) is 4.76. The topological polar surface area (TPSA) is 90.8 Å². The van der Waals surface area contributed by atoms with Crippen LogP contribution in [0.15, 0.2) is 23.2 Å². The number of carbonyl (C=O) groups is 2. The van der Waals surface area contributed by atoms with E-state index < -0.39 is 0 Å². The number of aldehydes is 1. The van der Waals surface area contributed by atoms with Crippen LogP contribution >= 0.6 is 0 Å². The Kier molecular flexibility index (Phi) is 6.78. The molecule has 1 aliphatic rings. The van der Waals surface area contributed by atoms with Crippen LogP contribution in [0.1, 0.15) is 49.4 Å². The minimum atomic E-state index is -0.0376. The van der Waals surface area contributed by atoms with Gasteiger partial charge in [0.25, 0.3) is 0 Å². The van der Waals surface area contributed by atoms with E-state index in [1.54, 1.807) is 12.1 Å². The summed E-state index contributed by atoms with van der Waals surface area (Å²) in [5.74, 6) is 1.21. The van der Waals surface area contributed by atoms with E-state index in [2.05, 4.69) is 22.5 Å². The van der Waals surface area contributed by atoms with E-state index >= 15 is 0 Å². The fraction of sp³-hybridized carbons (Fsp3) is 0.500. The molecule has 1 heterocycles. The predicted molar refractivity (Wildman–Crippen MR) is 94.7 cm³/mol. The third-order valence-electron chi connectivity index (χ3n) is 4.12. The molecule has 0 saturated heterocycles. The standard InChI is InChI=1S/C18H25N3O3/c1-2-13-11-19-18(20-12-13)21-15-8-14(9-16(23)10-15)17(24)6-4-3-5-7-22/h7-10,13,23H,2-6,11-12H2,1H3,(H2,19,20,21). The summed E-state index contributed by atoms with van der Waals surface area (Å²) in [7, 11) is 0. The van der Waals surface area contributed by atoms with E-state index in [9.17, 15) is 14.7 Å². The number of hydrogen-bond acceptors (Lipinski definition) is 6. The van der Waals surface area contributed by atoms with Crippen LogP contribution < -0.4 is 10.6 Å². The molecule has 6 heteroatoms. The van der Waals surface area contributed by atoms with Crippen molar-refractivity contribution in [1.29, 1.82) is 0 Å². The third-order valence-corrected chi connectivity index (χ3v) is 4.12. The van der Waals surface area contributed by atoms with Crippen LogP contribution in [0.5, 0.6) is 5.75 Å². The van der Waals surface area contributed by atoms with Crippen LogP contribution in [0.25, 0.3) is 0 Å². The van der Waals surface area contributed by atoms with Crippen LogP contribution in [0.3, 0.4) is 0 Å². The average molecular weight is 331 g/mol. The molecular formula is C18H25N3O3. The molecule has 1 aromatic carbocycles. The molecular weight excluding hydrogens is 306 g/mol. The second-order valence-electron chi connectivity index (χ2n) is 6.07. The Hall–Kier alpha value is -2.37. The summed E-state index contributed by atoms with van der Waals surface area (Å²) < 4.78 is 0. The number of phenols is 1. The largest absolute Gasteiger partial charge is 0.508 e. The highest BCUT2D eigenvalue weighted by atomic mass is 16.3. The molecule has 2 rings (SSSR count). The van der Waals surface area contributed by atoms with Gasteiger partial charge in [-0.2, -0.15) is 0 Å². The molecule has 0 aliphatic carbocycles. The highest BCUT2D eigenvalue weighted by Crippen LogP contribution is 2.22. The van der Waals surface area contributed by atoms with E-state index in [0.717, 1.165) is 25.8 Å². The van der Waals surface area contributed by atoms with Crippen molar-refractivity contribution in [3.05, 3.63) is 23.8 Å². The van der Waals surface area contributed by atoms with Gasteiger partial charge in [0.2, 0.25) is 0 Å². The normalized spacial score (nSPS) is 16.9. The number of benzene rings is 1. The molecule has 0 spiro atoms. The first-order chi connectivity index (χ1) is 11.6. The number of guanidine groups is 1. The summed E-state index contributed by atoms with van der Waals surface area (Å²) in [6.45, 7) is 3.78. The maximum atomic E-state index is 12.2. The highest BCUT2D eigenvalue weighted by Gasteiger charge is 2.14. The van der Waals surface area contributed by atoms with Gasteiger partial charge in [0, 0.05) is 43.2 Å². The Bertz CT molecular complexity index is 614. The summed E-state index contributed by atoms with van der Waals surface area (Å²) in [5, 5.41) is 16.2. The second kappa shape index (κ2) is 9.05. The quantitative estimate of drug-likeness (QED) is 0.387. The Morgan fingerprint density at radius 3 is 2.92 bits per heavy atom. The van der Waals surface area contributed by atoms with Crippen LogP contribution in [-0.4, -0.2) is 36.2 Å². The lowest BCUT2D eigenvalue weighted by molar-refractivity contribution is -0.107. The van der Waals surface area contributed by atoms with Gasteiger partial charge < -0.3 is 20.5 Å². The van der Waals surface area contributed by atoms with E-state index in [-0.39, 0.29) is 11.5 Å². The van der Waals surface area contributed by atoms with Gasteiger partial charge in [-0.15, -0.1) is 0 Å². The number of rotatable bonds is 8. The fourth-order valence-corrected chi connectivity index (χ4v) is 2.58. The van der Waals surface area contributed by atoms with Crippen LogP contribution in [-0.2, 0) is 4.79 Å². The number of aliphatic imine (C=N–C) groups is 1. The molecule has 0 saturated carbocycles. The minimum absolute atomic E-state index is 0.0376. The van der Waals surface area contributed by atoms with E-state index in [4.69, 9.17) is 0 Å². The van der Waals surface area contributed by atoms with Crippen LogP contribution in [0, 0.1) is 5.92 Å². The molecule has 1 unspecified atom stereocenters. The van der Waals surface area contributed by atoms with Crippen molar-refractivity contribution in [3.63, 3.8) is 0 Å². The van der Waals surface area contributed by atoms with Gasteiger partial charge in [-0.3, -0.25) is 9.79 Å². The maximum Gasteiger partial charge on any atom is 0.195 e. The van der Waals surface area contributed by atoms with Crippen molar-refractivity contribution >= 4 is 23.7 Å². The number of ketones is 1. The molecule has 6 nitrogen and oxygen atoms in total.